The highest BCUT2D eigenvalue weighted by atomic mass is 79.9. The molecule has 0 bridgehead atoms. The van der Waals surface area contributed by atoms with Crippen LogP contribution in [-0.4, -0.2) is 23.9 Å². The molecule has 0 radical (unpaired) electrons. The van der Waals surface area contributed by atoms with Crippen LogP contribution >= 0.6 is 26.6 Å². The Hall–Kier alpha value is -1.38. The third kappa shape index (κ3) is 3.38. The zero-order chi connectivity index (χ0) is 14.9. The highest BCUT2D eigenvalue weighted by Crippen LogP contribution is 2.28. The summed E-state index contributed by atoms with van der Waals surface area (Å²) in [5.41, 5.74) is 0.689. The summed E-state index contributed by atoms with van der Waals surface area (Å²) >= 11 is 3.10. The summed E-state index contributed by atoms with van der Waals surface area (Å²) in [5.74, 6) is -0.390. The van der Waals surface area contributed by atoms with Gasteiger partial charge >= 0.3 is 0 Å². The predicted octanol–water partition coefficient (Wildman–Crippen LogP) is 2.36. The van der Waals surface area contributed by atoms with E-state index in [0.29, 0.717) is 5.69 Å². The molecule has 1 aromatic heterocycles. The second kappa shape index (κ2) is 5.55. The number of rotatable bonds is 3. The van der Waals surface area contributed by atoms with Crippen LogP contribution in [0.4, 0.5) is 5.69 Å². The van der Waals surface area contributed by atoms with Gasteiger partial charge in [0.05, 0.1) is 11.2 Å². The van der Waals surface area contributed by atoms with E-state index in [1.807, 2.05) is 0 Å². The Labute approximate surface area is 128 Å². The number of carbonyl (C=O) groups is 1. The molecule has 0 fully saturated rings. The van der Waals surface area contributed by atoms with Crippen molar-refractivity contribution in [3.05, 3.63) is 40.9 Å². The highest BCUT2D eigenvalue weighted by molar-refractivity contribution is 9.10. The van der Waals surface area contributed by atoms with Crippen LogP contribution in [0.1, 0.15) is 10.5 Å². The number of hydrogen-bond acceptors (Lipinski definition) is 4. The topological polar surface area (TPSA) is 81.1 Å². The average Bonchev–Trinajstić information content (AvgIpc) is 2.74. The summed E-state index contributed by atoms with van der Waals surface area (Å²) < 4.78 is 24.4. The smallest absolute Gasteiger partial charge is 0.275 e. The monoisotopic (exact) mass is 377 g/mol. The number of carbonyl (C=O) groups excluding carboxylic acids is 1. The molecular formula is C11H9BrClN3O3S. The van der Waals surface area contributed by atoms with Gasteiger partial charge in [0, 0.05) is 34.1 Å². The summed E-state index contributed by atoms with van der Waals surface area (Å²) in [6, 6.07) is 4.21. The molecule has 2 aromatic rings. The van der Waals surface area contributed by atoms with Crippen LogP contribution in [0.25, 0.3) is 0 Å². The van der Waals surface area contributed by atoms with Crippen molar-refractivity contribution in [3.8, 4) is 0 Å². The van der Waals surface area contributed by atoms with Gasteiger partial charge in [0.1, 0.15) is 5.69 Å². The third-order valence-electron chi connectivity index (χ3n) is 2.39. The molecule has 1 aromatic carbocycles. The second-order valence-electron chi connectivity index (χ2n) is 3.96. The SMILES string of the molecule is Cn1cnc(C(=O)Nc2ccc(S(=O)(=O)Cl)c(Br)c2)c1. The molecule has 0 spiro atoms. The van der Waals surface area contributed by atoms with Crippen molar-refractivity contribution in [3.63, 3.8) is 0 Å². The summed E-state index contributed by atoms with van der Waals surface area (Å²) in [5, 5.41) is 2.61. The molecule has 0 saturated carbocycles. The lowest BCUT2D eigenvalue weighted by atomic mass is 10.3. The Morgan fingerprint density at radius 1 is 1.45 bits per heavy atom. The number of halogens is 2. The summed E-state index contributed by atoms with van der Waals surface area (Å²) in [6.07, 6.45) is 3.08. The van der Waals surface area contributed by atoms with Gasteiger partial charge in [-0.3, -0.25) is 4.79 Å². The Morgan fingerprint density at radius 2 is 2.15 bits per heavy atom. The van der Waals surface area contributed by atoms with Crippen molar-refractivity contribution in [2.24, 2.45) is 7.05 Å². The lowest BCUT2D eigenvalue weighted by Gasteiger charge is -2.06. The molecular weight excluding hydrogens is 370 g/mol. The normalized spacial score (nSPS) is 11.3. The molecule has 2 rings (SSSR count). The zero-order valence-corrected chi connectivity index (χ0v) is 13.3. The van der Waals surface area contributed by atoms with Crippen molar-refractivity contribution < 1.29 is 13.2 Å². The van der Waals surface area contributed by atoms with E-state index in [-0.39, 0.29) is 21.0 Å². The number of nitrogens with one attached hydrogen (secondary N) is 1. The van der Waals surface area contributed by atoms with Crippen LogP contribution in [0.2, 0.25) is 0 Å². The van der Waals surface area contributed by atoms with Gasteiger partial charge in [0.25, 0.3) is 15.0 Å². The maximum absolute atomic E-state index is 11.9. The first-order valence-corrected chi connectivity index (χ1v) is 8.41. The first kappa shape index (κ1) is 15.0. The molecule has 6 nitrogen and oxygen atoms in total. The number of aryl methyl sites for hydroxylation is 1. The fourth-order valence-corrected chi connectivity index (χ4v) is 3.73. The van der Waals surface area contributed by atoms with Gasteiger partial charge < -0.3 is 9.88 Å². The van der Waals surface area contributed by atoms with Crippen LogP contribution < -0.4 is 5.32 Å². The summed E-state index contributed by atoms with van der Waals surface area (Å²) in [7, 11) is 3.18. The number of amides is 1. The molecule has 1 N–H and O–H groups in total. The molecule has 106 valence electrons. The van der Waals surface area contributed by atoms with E-state index in [1.165, 1.54) is 24.5 Å². The van der Waals surface area contributed by atoms with Gasteiger partial charge in [0.15, 0.2) is 0 Å². The number of imidazole rings is 1. The maximum atomic E-state index is 11.9. The van der Waals surface area contributed by atoms with E-state index in [1.54, 1.807) is 17.8 Å². The van der Waals surface area contributed by atoms with E-state index >= 15 is 0 Å². The minimum absolute atomic E-state index is 0.0602. The van der Waals surface area contributed by atoms with Crippen LogP contribution in [0.5, 0.6) is 0 Å². The predicted molar refractivity (Wildman–Crippen MR) is 78.3 cm³/mol. The van der Waals surface area contributed by atoms with Crippen molar-refractivity contribution in [1.82, 2.24) is 9.55 Å². The highest BCUT2D eigenvalue weighted by Gasteiger charge is 2.16. The molecule has 0 aliphatic rings. The maximum Gasteiger partial charge on any atom is 0.275 e. The quantitative estimate of drug-likeness (QED) is 0.831. The standard InChI is InChI=1S/C11H9BrClN3O3S/c1-16-5-9(14-6-16)11(17)15-7-2-3-10(8(12)4-7)20(13,18)19/h2-6H,1H3,(H,15,17). The molecule has 1 amide bonds. The number of aromatic nitrogens is 2. The van der Waals surface area contributed by atoms with Gasteiger partial charge in [-0.05, 0) is 34.1 Å². The van der Waals surface area contributed by atoms with Gasteiger partial charge in [-0.1, -0.05) is 0 Å². The number of hydrogen-bond donors (Lipinski definition) is 1. The van der Waals surface area contributed by atoms with Gasteiger partial charge in [0.2, 0.25) is 0 Å². The van der Waals surface area contributed by atoms with E-state index in [4.69, 9.17) is 10.7 Å². The largest absolute Gasteiger partial charge is 0.340 e. The molecule has 0 saturated heterocycles. The van der Waals surface area contributed by atoms with Crippen LogP contribution in [0.3, 0.4) is 0 Å². The number of nitrogens with zero attached hydrogens (tertiary/aromatic N) is 2. The fraction of sp³-hybridized carbons (Fsp3) is 0.0909. The third-order valence-corrected chi connectivity index (χ3v) is 4.69. The van der Waals surface area contributed by atoms with Gasteiger partial charge in [-0.2, -0.15) is 0 Å². The minimum atomic E-state index is -3.83. The zero-order valence-electron chi connectivity index (χ0n) is 10.2. The van der Waals surface area contributed by atoms with Crippen molar-refractivity contribution >= 4 is 47.3 Å². The van der Waals surface area contributed by atoms with Gasteiger partial charge in [-0.25, -0.2) is 13.4 Å². The van der Waals surface area contributed by atoms with E-state index in [0.717, 1.165) is 0 Å². The fourth-order valence-electron chi connectivity index (χ4n) is 1.50. The van der Waals surface area contributed by atoms with E-state index < -0.39 is 9.05 Å². The molecule has 0 aliphatic heterocycles. The molecule has 0 unspecified atom stereocenters. The molecule has 9 heteroatoms. The van der Waals surface area contributed by atoms with E-state index in [9.17, 15) is 13.2 Å². The molecule has 0 aliphatic carbocycles. The van der Waals surface area contributed by atoms with Crippen LogP contribution in [0.15, 0.2) is 40.1 Å². The van der Waals surface area contributed by atoms with Crippen LogP contribution in [-0.2, 0) is 16.1 Å². The number of benzene rings is 1. The van der Waals surface area contributed by atoms with Gasteiger partial charge in [-0.15, -0.1) is 0 Å². The van der Waals surface area contributed by atoms with Crippen molar-refractivity contribution in [2.45, 2.75) is 4.90 Å². The summed E-state index contributed by atoms with van der Waals surface area (Å²) in [4.78, 5) is 15.7. The Kier molecular flexibility index (Phi) is 4.17. The first-order valence-electron chi connectivity index (χ1n) is 5.31. The lowest BCUT2D eigenvalue weighted by molar-refractivity contribution is 0.102. The average molecular weight is 379 g/mol. The number of anilines is 1. The minimum Gasteiger partial charge on any atom is -0.340 e. The second-order valence-corrected chi connectivity index (χ2v) is 7.35. The molecule has 1 heterocycles. The Morgan fingerprint density at radius 3 is 2.65 bits per heavy atom. The first-order chi connectivity index (χ1) is 9.27. The van der Waals surface area contributed by atoms with Crippen molar-refractivity contribution in [1.29, 1.82) is 0 Å². The lowest BCUT2D eigenvalue weighted by Crippen LogP contribution is -2.12. The van der Waals surface area contributed by atoms with E-state index in [2.05, 4.69) is 26.2 Å². The molecule has 0 atom stereocenters. The summed E-state index contributed by atoms with van der Waals surface area (Å²) in [6.45, 7) is 0. The Balaban J connectivity index is 2.23. The van der Waals surface area contributed by atoms with Crippen molar-refractivity contribution in [2.75, 3.05) is 5.32 Å². The van der Waals surface area contributed by atoms with Crippen LogP contribution in [0, 0.1) is 0 Å². The Bertz CT molecular complexity index is 773. The molecule has 20 heavy (non-hydrogen) atoms.